The molecule has 116 valence electrons. The van der Waals surface area contributed by atoms with Crippen molar-refractivity contribution in [3.8, 4) is 0 Å². The Balaban J connectivity index is 2.12. The summed E-state index contributed by atoms with van der Waals surface area (Å²) in [7, 11) is 0. The van der Waals surface area contributed by atoms with Gasteiger partial charge >= 0.3 is 0 Å². The van der Waals surface area contributed by atoms with Crippen LogP contribution in [0.15, 0.2) is 24.8 Å². The molecule has 0 spiro atoms. The second kappa shape index (κ2) is 6.95. The van der Waals surface area contributed by atoms with Gasteiger partial charge in [0.25, 0.3) is 0 Å². The molecule has 0 aromatic carbocycles. The van der Waals surface area contributed by atoms with Gasteiger partial charge in [0.05, 0.1) is 16.4 Å². The first-order chi connectivity index (χ1) is 9.94. The molecule has 1 amide bonds. The number of thiophene rings is 1. The van der Waals surface area contributed by atoms with E-state index >= 15 is 0 Å². The highest BCUT2D eigenvalue weighted by Crippen LogP contribution is 2.32. The van der Waals surface area contributed by atoms with Gasteiger partial charge in [-0.1, -0.05) is 37.4 Å². The molecule has 0 radical (unpaired) electrons. The molecule has 2 unspecified atom stereocenters. The SMILES string of the molecule is C=CCN(Cc1ccc(Cl)s1)C(=O)C1(N)CCCC(C)C1. The molecule has 5 heteroatoms. The molecular weight excluding hydrogens is 304 g/mol. The highest BCUT2D eigenvalue weighted by Gasteiger charge is 2.40. The van der Waals surface area contributed by atoms with Gasteiger partial charge in [0.2, 0.25) is 5.91 Å². The minimum absolute atomic E-state index is 0.0403. The number of nitrogens with zero attached hydrogens (tertiary/aromatic N) is 1. The number of hydrogen-bond donors (Lipinski definition) is 1. The third-order valence-electron chi connectivity index (χ3n) is 4.07. The van der Waals surface area contributed by atoms with E-state index in [1.165, 1.54) is 11.3 Å². The zero-order chi connectivity index (χ0) is 15.5. The van der Waals surface area contributed by atoms with E-state index in [2.05, 4.69) is 13.5 Å². The largest absolute Gasteiger partial charge is 0.332 e. The molecule has 2 N–H and O–H groups in total. The van der Waals surface area contributed by atoms with Crippen LogP contribution in [0.4, 0.5) is 0 Å². The quantitative estimate of drug-likeness (QED) is 0.836. The maximum absolute atomic E-state index is 12.9. The first-order valence-electron chi connectivity index (χ1n) is 7.38. The van der Waals surface area contributed by atoms with E-state index in [0.29, 0.717) is 19.0 Å². The summed E-state index contributed by atoms with van der Waals surface area (Å²) in [6.07, 6.45) is 5.48. The summed E-state index contributed by atoms with van der Waals surface area (Å²) >= 11 is 7.47. The lowest BCUT2D eigenvalue weighted by atomic mass is 9.76. The summed E-state index contributed by atoms with van der Waals surface area (Å²) in [5.74, 6) is 0.549. The van der Waals surface area contributed by atoms with Crippen LogP contribution in [0, 0.1) is 5.92 Å². The normalized spacial score (nSPS) is 25.6. The fourth-order valence-corrected chi connectivity index (χ4v) is 4.20. The number of hydrogen-bond acceptors (Lipinski definition) is 3. The lowest BCUT2D eigenvalue weighted by Gasteiger charge is -2.38. The third-order valence-corrected chi connectivity index (χ3v) is 5.29. The summed E-state index contributed by atoms with van der Waals surface area (Å²) in [5.41, 5.74) is 5.71. The molecule has 1 saturated carbocycles. The van der Waals surface area contributed by atoms with Crippen molar-refractivity contribution >= 4 is 28.8 Å². The fourth-order valence-electron chi connectivity index (χ4n) is 3.10. The predicted molar refractivity (Wildman–Crippen MR) is 89.5 cm³/mol. The Morgan fingerprint density at radius 1 is 1.67 bits per heavy atom. The van der Waals surface area contributed by atoms with Gasteiger partial charge in [-0.05, 0) is 30.9 Å². The maximum atomic E-state index is 12.9. The van der Waals surface area contributed by atoms with Crippen LogP contribution in [0.5, 0.6) is 0 Å². The van der Waals surface area contributed by atoms with Gasteiger partial charge < -0.3 is 10.6 Å². The Labute approximate surface area is 135 Å². The van der Waals surface area contributed by atoms with Crippen molar-refractivity contribution in [2.75, 3.05) is 6.54 Å². The Bertz CT molecular complexity index is 516. The Hall–Kier alpha value is -0.840. The third kappa shape index (κ3) is 4.09. The van der Waals surface area contributed by atoms with Gasteiger partial charge in [-0.2, -0.15) is 0 Å². The Kier molecular flexibility index (Phi) is 5.47. The van der Waals surface area contributed by atoms with Gasteiger partial charge in [0, 0.05) is 11.4 Å². The van der Waals surface area contributed by atoms with E-state index in [0.717, 1.165) is 34.9 Å². The summed E-state index contributed by atoms with van der Waals surface area (Å²) in [6.45, 7) is 6.99. The smallest absolute Gasteiger partial charge is 0.243 e. The molecule has 0 aliphatic heterocycles. The molecule has 1 fully saturated rings. The molecule has 1 aromatic heterocycles. The summed E-state index contributed by atoms with van der Waals surface area (Å²) in [4.78, 5) is 15.8. The monoisotopic (exact) mass is 326 g/mol. The number of carbonyl (C=O) groups is 1. The van der Waals surface area contributed by atoms with Crippen molar-refractivity contribution in [2.24, 2.45) is 11.7 Å². The minimum Gasteiger partial charge on any atom is -0.332 e. The van der Waals surface area contributed by atoms with Crippen LogP contribution < -0.4 is 5.73 Å². The summed E-state index contributed by atoms with van der Waals surface area (Å²) < 4.78 is 0.741. The van der Waals surface area contributed by atoms with Gasteiger partial charge in [-0.15, -0.1) is 17.9 Å². The average Bonchev–Trinajstić information content (AvgIpc) is 2.82. The lowest BCUT2D eigenvalue weighted by Crippen LogP contribution is -2.57. The van der Waals surface area contributed by atoms with Crippen molar-refractivity contribution in [1.29, 1.82) is 0 Å². The van der Waals surface area contributed by atoms with Crippen LogP contribution >= 0.6 is 22.9 Å². The molecule has 1 aliphatic rings. The molecule has 1 aliphatic carbocycles. The minimum atomic E-state index is -0.721. The molecule has 1 aromatic rings. The molecule has 1 heterocycles. The van der Waals surface area contributed by atoms with Crippen LogP contribution in [0.3, 0.4) is 0 Å². The average molecular weight is 327 g/mol. The summed E-state index contributed by atoms with van der Waals surface area (Å²) in [6, 6.07) is 3.82. The highest BCUT2D eigenvalue weighted by molar-refractivity contribution is 7.16. The van der Waals surface area contributed by atoms with E-state index in [1.807, 2.05) is 12.1 Å². The number of rotatable bonds is 5. The molecule has 0 saturated heterocycles. The van der Waals surface area contributed by atoms with E-state index < -0.39 is 5.54 Å². The van der Waals surface area contributed by atoms with Crippen LogP contribution in [0.2, 0.25) is 4.34 Å². The van der Waals surface area contributed by atoms with Gasteiger partial charge in [-0.25, -0.2) is 0 Å². The number of carbonyl (C=O) groups excluding carboxylic acids is 1. The molecule has 2 rings (SSSR count). The topological polar surface area (TPSA) is 46.3 Å². The zero-order valence-corrected chi connectivity index (χ0v) is 14.1. The summed E-state index contributed by atoms with van der Waals surface area (Å²) in [5, 5.41) is 0. The molecule has 2 atom stereocenters. The van der Waals surface area contributed by atoms with Crippen LogP contribution in [0.1, 0.15) is 37.5 Å². The van der Waals surface area contributed by atoms with Crippen LogP contribution in [-0.2, 0) is 11.3 Å². The fraction of sp³-hybridized carbons (Fsp3) is 0.562. The van der Waals surface area contributed by atoms with Crippen LogP contribution in [-0.4, -0.2) is 22.9 Å². The molecule has 21 heavy (non-hydrogen) atoms. The first kappa shape index (κ1) is 16.5. The first-order valence-corrected chi connectivity index (χ1v) is 8.57. The second-order valence-corrected chi connectivity index (χ2v) is 7.84. The number of nitrogens with two attached hydrogens (primary N) is 1. The van der Waals surface area contributed by atoms with E-state index in [9.17, 15) is 4.79 Å². The number of amides is 1. The van der Waals surface area contributed by atoms with Gasteiger partial charge in [0.15, 0.2) is 0 Å². The van der Waals surface area contributed by atoms with Gasteiger partial charge in [0.1, 0.15) is 0 Å². The van der Waals surface area contributed by atoms with Crippen molar-refractivity contribution in [2.45, 2.75) is 44.7 Å². The van der Waals surface area contributed by atoms with Crippen molar-refractivity contribution in [1.82, 2.24) is 4.90 Å². The van der Waals surface area contributed by atoms with Crippen molar-refractivity contribution < 1.29 is 4.79 Å². The van der Waals surface area contributed by atoms with Gasteiger partial charge in [-0.3, -0.25) is 4.79 Å². The maximum Gasteiger partial charge on any atom is 0.243 e. The zero-order valence-electron chi connectivity index (χ0n) is 12.5. The second-order valence-electron chi connectivity index (χ2n) is 6.04. The van der Waals surface area contributed by atoms with Crippen molar-refractivity contribution in [3.05, 3.63) is 34.0 Å². The Morgan fingerprint density at radius 3 is 3.00 bits per heavy atom. The lowest BCUT2D eigenvalue weighted by molar-refractivity contribution is -0.138. The van der Waals surface area contributed by atoms with Crippen molar-refractivity contribution in [3.63, 3.8) is 0 Å². The van der Waals surface area contributed by atoms with Crippen LogP contribution in [0.25, 0.3) is 0 Å². The van der Waals surface area contributed by atoms with E-state index in [1.54, 1.807) is 11.0 Å². The molecule has 3 nitrogen and oxygen atoms in total. The molecule has 0 bridgehead atoms. The standard InChI is InChI=1S/C16H23ClN2OS/c1-3-9-19(11-13-6-7-14(17)21-13)15(20)16(18)8-4-5-12(2)10-16/h3,6-7,12H,1,4-5,8-11,18H2,2H3. The highest BCUT2D eigenvalue weighted by atomic mass is 35.5. The van der Waals surface area contributed by atoms with E-state index in [4.69, 9.17) is 17.3 Å². The molecular formula is C16H23ClN2OS. The Morgan fingerprint density at radius 2 is 2.43 bits per heavy atom. The predicted octanol–water partition coefficient (Wildman–Crippen LogP) is 3.82. The number of halogens is 1. The van der Waals surface area contributed by atoms with E-state index in [-0.39, 0.29) is 5.91 Å².